The highest BCUT2D eigenvalue weighted by Crippen LogP contribution is 2.30. The summed E-state index contributed by atoms with van der Waals surface area (Å²) in [6, 6.07) is 10.9. The molecule has 1 saturated heterocycles. The summed E-state index contributed by atoms with van der Waals surface area (Å²) >= 11 is 0. The highest BCUT2D eigenvalue weighted by atomic mass is 15.2. The second-order valence-electron chi connectivity index (χ2n) is 7.82. The number of piperidine rings is 1. The van der Waals surface area contributed by atoms with Crippen molar-refractivity contribution in [2.24, 2.45) is 5.92 Å². The normalized spacial score (nSPS) is 20.4. The van der Waals surface area contributed by atoms with E-state index in [1.807, 2.05) is 6.20 Å². The van der Waals surface area contributed by atoms with Crippen LogP contribution in [0, 0.1) is 5.92 Å². The fourth-order valence-corrected chi connectivity index (χ4v) is 4.01. The van der Waals surface area contributed by atoms with Crippen molar-refractivity contribution in [3.05, 3.63) is 53.3 Å². The van der Waals surface area contributed by atoms with Gasteiger partial charge >= 0.3 is 0 Å². The second kappa shape index (κ2) is 7.98. The van der Waals surface area contributed by atoms with Gasteiger partial charge in [0, 0.05) is 24.7 Å². The standard InChI is InChI=1S/C21H31N3/c1-16(2)12-20-13-22-23-21(20)19-10-7-11-24(15-19)14-17(3)18-8-5-4-6-9-18/h4-6,8-9,13,16-17,19H,7,10-12,14-15H2,1-3H3,(H,22,23). The molecule has 2 atom stereocenters. The van der Waals surface area contributed by atoms with Crippen LogP contribution < -0.4 is 0 Å². The van der Waals surface area contributed by atoms with Crippen LogP contribution in [-0.2, 0) is 6.42 Å². The number of likely N-dealkylation sites (tertiary alicyclic amines) is 1. The molecule has 0 saturated carbocycles. The average molecular weight is 326 g/mol. The molecule has 0 aliphatic carbocycles. The van der Waals surface area contributed by atoms with Crippen LogP contribution in [0.25, 0.3) is 0 Å². The van der Waals surface area contributed by atoms with Gasteiger partial charge in [-0.3, -0.25) is 5.10 Å². The summed E-state index contributed by atoms with van der Waals surface area (Å²) < 4.78 is 0. The van der Waals surface area contributed by atoms with Gasteiger partial charge in [-0.15, -0.1) is 0 Å². The van der Waals surface area contributed by atoms with Gasteiger partial charge in [0.25, 0.3) is 0 Å². The van der Waals surface area contributed by atoms with Gasteiger partial charge in [-0.2, -0.15) is 5.10 Å². The zero-order chi connectivity index (χ0) is 16.9. The van der Waals surface area contributed by atoms with E-state index < -0.39 is 0 Å². The molecule has 0 amide bonds. The van der Waals surface area contributed by atoms with Crippen LogP contribution in [0.5, 0.6) is 0 Å². The van der Waals surface area contributed by atoms with Crippen molar-refractivity contribution in [2.75, 3.05) is 19.6 Å². The van der Waals surface area contributed by atoms with Gasteiger partial charge in [-0.1, -0.05) is 51.1 Å². The van der Waals surface area contributed by atoms with Crippen molar-refractivity contribution < 1.29 is 0 Å². The molecule has 24 heavy (non-hydrogen) atoms. The lowest BCUT2D eigenvalue weighted by atomic mass is 9.89. The van der Waals surface area contributed by atoms with Crippen LogP contribution in [-0.4, -0.2) is 34.7 Å². The molecule has 1 fully saturated rings. The summed E-state index contributed by atoms with van der Waals surface area (Å²) in [5, 5.41) is 7.65. The van der Waals surface area contributed by atoms with Gasteiger partial charge in [0.1, 0.15) is 0 Å². The van der Waals surface area contributed by atoms with E-state index in [1.54, 1.807) is 0 Å². The third-order valence-corrected chi connectivity index (χ3v) is 5.19. The van der Waals surface area contributed by atoms with E-state index >= 15 is 0 Å². The smallest absolute Gasteiger partial charge is 0.0522 e. The highest BCUT2D eigenvalue weighted by molar-refractivity contribution is 5.23. The van der Waals surface area contributed by atoms with Gasteiger partial charge in [0.05, 0.1) is 6.20 Å². The Kier molecular flexibility index (Phi) is 5.72. The Labute approximate surface area is 146 Å². The monoisotopic (exact) mass is 325 g/mol. The molecule has 2 unspecified atom stereocenters. The number of H-pyrrole nitrogens is 1. The predicted molar refractivity (Wildman–Crippen MR) is 100 cm³/mol. The van der Waals surface area contributed by atoms with Crippen molar-refractivity contribution in [1.82, 2.24) is 15.1 Å². The van der Waals surface area contributed by atoms with Crippen LogP contribution in [0.2, 0.25) is 0 Å². The quantitative estimate of drug-likeness (QED) is 0.842. The van der Waals surface area contributed by atoms with Gasteiger partial charge in [-0.05, 0) is 48.8 Å². The lowest BCUT2D eigenvalue weighted by molar-refractivity contribution is 0.197. The maximum atomic E-state index is 4.34. The summed E-state index contributed by atoms with van der Waals surface area (Å²) in [6.07, 6.45) is 5.74. The summed E-state index contributed by atoms with van der Waals surface area (Å²) in [5.74, 6) is 1.87. The zero-order valence-electron chi connectivity index (χ0n) is 15.3. The first-order valence-electron chi connectivity index (χ1n) is 9.43. The maximum Gasteiger partial charge on any atom is 0.0522 e. The van der Waals surface area contributed by atoms with Crippen molar-refractivity contribution in [1.29, 1.82) is 0 Å². The molecule has 130 valence electrons. The lowest BCUT2D eigenvalue weighted by Gasteiger charge is -2.34. The number of hydrogen-bond acceptors (Lipinski definition) is 2. The molecule has 0 spiro atoms. The molecule has 1 aromatic heterocycles. The third kappa shape index (κ3) is 4.27. The predicted octanol–water partition coefficient (Wildman–Crippen LogP) is 4.59. The second-order valence-corrected chi connectivity index (χ2v) is 7.82. The Bertz CT molecular complexity index is 617. The van der Waals surface area contributed by atoms with Crippen LogP contribution in [0.3, 0.4) is 0 Å². The summed E-state index contributed by atoms with van der Waals surface area (Å²) in [6.45, 7) is 10.4. The van der Waals surface area contributed by atoms with Gasteiger partial charge in [-0.25, -0.2) is 0 Å². The fraction of sp³-hybridized carbons (Fsp3) is 0.571. The van der Waals surface area contributed by atoms with E-state index in [2.05, 4.69) is 66.2 Å². The van der Waals surface area contributed by atoms with Crippen molar-refractivity contribution in [3.63, 3.8) is 0 Å². The summed E-state index contributed by atoms with van der Waals surface area (Å²) in [5.41, 5.74) is 4.26. The topological polar surface area (TPSA) is 31.9 Å². The average Bonchev–Trinajstić information content (AvgIpc) is 3.03. The number of aromatic nitrogens is 2. The molecule has 3 heteroatoms. The minimum atomic E-state index is 0.585. The van der Waals surface area contributed by atoms with Crippen LogP contribution in [0.4, 0.5) is 0 Å². The molecular weight excluding hydrogens is 294 g/mol. The van der Waals surface area contributed by atoms with E-state index in [4.69, 9.17) is 0 Å². The Morgan fingerprint density at radius 3 is 2.75 bits per heavy atom. The Morgan fingerprint density at radius 1 is 1.21 bits per heavy atom. The first kappa shape index (κ1) is 17.2. The minimum absolute atomic E-state index is 0.585. The number of nitrogens with zero attached hydrogens (tertiary/aromatic N) is 2. The third-order valence-electron chi connectivity index (χ3n) is 5.19. The lowest BCUT2D eigenvalue weighted by Crippen LogP contribution is -2.37. The molecular formula is C21H31N3. The maximum absolute atomic E-state index is 4.34. The van der Waals surface area contributed by atoms with Crippen molar-refractivity contribution >= 4 is 0 Å². The molecule has 1 aromatic carbocycles. The first-order chi connectivity index (χ1) is 11.6. The number of aromatic amines is 1. The molecule has 1 aliphatic heterocycles. The Hall–Kier alpha value is -1.61. The minimum Gasteiger partial charge on any atom is -0.302 e. The molecule has 0 bridgehead atoms. The molecule has 2 aromatic rings. The fourth-order valence-electron chi connectivity index (χ4n) is 4.01. The highest BCUT2D eigenvalue weighted by Gasteiger charge is 2.25. The largest absolute Gasteiger partial charge is 0.302 e. The van der Waals surface area contributed by atoms with Crippen LogP contribution >= 0.6 is 0 Å². The molecule has 3 nitrogen and oxygen atoms in total. The molecule has 1 N–H and O–H groups in total. The summed E-state index contributed by atoms with van der Waals surface area (Å²) in [7, 11) is 0. The summed E-state index contributed by atoms with van der Waals surface area (Å²) in [4.78, 5) is 2.64. The van der Waals surface area contributed by atoms with E-state index in [-0.39, 0.29) is 0 Å². The van der Waals surface area contributed by atoms with E-state index in [1.165, 1.54) is 36.2 Å². The number of rotatable bonds is 6. The van der Waals surface area contributed by atoms with Crippen LogP contribution in [0.15, 0.2) is 36.5 Å². The number of hydrogen-bond donors (Lipinski definition) is 1. The molecule has 2 heterocycles. The molecule has 3 rings (SSSR count). The molecule has 1 aliphatic rings. The van der Waals surface area contributed by atoms with Gasteiger partial charge in [0.15, 0.2) is 0 Å². The number of nitrogens with one attached hydrogen (secondary N) is 1. The van der Waals surface area contributed by atoms with Crippen molar-refractivity contribution in [3.8, 4) is 0 Å². The van der Waals surface area contributed by atoms with Crippen LogP contribution in [0.1, 0.15) is 62.3 Å². The SMILES string of the molecule is CC(C)Cc1cn[nH]c1C1CCCN(CC(C)c2ccccc2)C1. The van der Waals surface area contributed by atoms with E-state index in [0.717, 1.165) is 19.5 Å². The van der Waals surface area contributed by atoms with Gasteiger partial charge < -0.3 is 4.90 Å². The number of benzene rings is 1. The van der Waals surface area contributed by atoms with E-state index in [9.17, 15) is 0 Å². The Balaban J connectivity index is 1.63. The zero-order valence-corrected chi connectivity index (χ0v) is 15.3. The Morgan fingerprint density at radius 2 is 2.00 bits per heavy atom. The van der Waals surface area contributed by atoms with Crippen molar-refractivity contribution in [2.45, 2.75) is 51.9 Å². The molecule has 0 radical (unpaired) electrons. The van der Waals surface area contributed by atoms with E-state index in [0.29, 0.717) is 17.8 Å². The first-order valence-corrected chi connectivity index (χ1v) is 9.43. The van der Waals surface area contributed by atoms with Gasteiger partial charge in [0.2, 0.25) is 0 Å².